The number of rotatable bonds is 5. The Kier molecular flexibility index (Phi) is 6.60. The fourth-order valence-electron chi connectivity index (χ4n) is 4.50. The van der Waals surface area contributed by atoms with E-state index in [9.17, 15) is 19.8 Å². The lowest BCUT2D eigenvalue weighted by atomic mass is 9.63. The van der Waals surface area contributed by atoms with Gasteiger partial charge in [-0.2, -0.15) is 0 Å². The number of carbonyl (C=O) groups is 2. The summed E-state index contributed by atoms with van der Waals surface area (Å²) in [6, 6.07) is 2.21. The number of aromatic hydroxyl groups is 2. The van der Waals surface area contributed by atoms with Gasteiger partial charge in [-0.3, -0.25) is 9.59 Å². The smallest absolute Gasteiger partial charge is 0.198 e. The van der Waals surface area contributed by atoms with Crippen LogP contribution in [0, 0.1) is 0 Å². The summed E-state index contributed by atoms with van der Waals surface area (Å²) < 4.78 is 6.34. The molecule has 0 spiro atoms. The van der Waals surface area contributed by atoms with Crippen LogP contribution in [0.4, 0.5) is 0 Å². The second-order valence-electron chi connectivity index (χ2n) is 9.63. The van der Waals surface area contributed by atoms with E-state index in [0.29, 0.717) is 0 Å². The highest BCUT2D eigenvalue weighted by atomic mass is 35.5. The van der Waals surface area contributed by atoms with E-state index in [-0.39, 0.29) is 29.7 Å². The molecule has 3 rings (SSSR count). The predicted molar refractivity (Wildman–Crippen MR) is 126 cm³/mol. The van der Waals surface area contributed by atoms with Gasteiger partial charge in [0.05, 0.1) is 16.5 Å². The molecular weight excluding hydrogens is 451 g/mol. The zero-order valence-electron chi connectivity index (χ0n) is 19.1. The molecule has 0 bridgehead atoms. The van der Waals surface area contributed by atoms with Gasteiger partial charge in [0.2, 0.25) is 0 Å². The van der Waals surface area contributed by atoms with Gasteiger partial charge in [-0.15, -0.1) is 23.2 Å². The fourth-order valence-corrected chi connectivity index (χ4v) is 5.31. The number of fused-ring (bicyclic) bond motifs is 2. The Morgan fingerprint density at radius 3 is 2.44 bits per heavy atom. The Morgan fingerprint density at radius 2 is 1.81 bits per heavy atom. The Balaban J connectivity index is 2.14. The quantitative estimate of drug-likeness (QED) is 0.393. The van der Waals surface area contributed by atoms with Crippen molar-refractivity contribution in [2.75, 3.05) is 0 Å². The van der Waals surface area contributed by atoms with Crippen molar-refractivity contribution in [1.29, 1.82) is 0 Å². The Labute approximate surface area is 199 Å². The largest absolute Gasteiger partial charge is 0.508 e. The lowest BCUT2D eigenvalue weighted by Crippen LogP contribution is -2.72. The summed E-state index contributed by atoms with van der Waals surface area (Å²) in [5, 5.41) is 19.7. The standard InChI is InChI=1S/C25H30Cl2O5/c1-14(2)7-6-8-15(3)9-10-25-21(30)17-11-16(28)12-18(29)20(17)22(31)24(25,27)13-19(26)23(4,5)32-25/h7,9,11-12,19,28-29H,6,8,10,13H2,1-5H3/b15-9+. The van der Waals surface area contributed by atoms with Gasteiger partial charge >= 0.3 is 0 Å². The maximum Gasteiger partial charge on any atom is 0.198 e. The van der Waals surface area contributed by atoms with Gasteiger partial charge in [0, 0.05) is 18.1 Å². The van der Waals surface area contributed by atoms with E-state index >= 15 is 0 Å². The molecule has 174 valence electrons. The van der Waals surface area contributed by atoms with Crippen molar-refractivity contribution >= 4 is 34.8 Å². The van der Waals surface area contributed by atoms with Crippen LogP contribution in [0.2, 0.25) is 0 Å². The first-order valence-corrected chi connectivity index (χ1v) is 11.5. The van der Waals surface area contributed by atoms with Gasteiger partial charge in [0.15, 0.2) is 17.2 Å². The molecule has 2 N–H and O–H groups in total. The molecule has 3 unspecified atom stereocenters. The van der Waals surface area contributed by atoms with Crippen molar-refractivity contribution in [2.24, 2.45) is 0 Å². The molecule has 0 radical (unpaired) electrons. The van der Waals surface area contributed by atoms with Gasteiger partial charge < -0.3 is 14.9 Å². The van der Waals surface area contributed by atoms with E-state index in [2.05, 4.69) is 6.08 Å². The van der Waals surface area contributed by atoms with Gasteiger partial charge in [-0.25, -0.2) is 0 Å². The highest BCUT2D eigenvalue weighted by molar-refractivity contribution is 6.45. The van der Waals surface area contributed by atoms with E-state index in [4.69, 9.17) is 27.9 Å². The Hall–Kier alpha value is -1.82. The predicted octanol–water partition coefficient (Wildman–Crippen LogP) is 6.08. The minimum absolute atomic E-state index is 0.00189. The molecule has 1 saturated heterocycles. The molecule has 1 heterocycles. The summed E-state index contributed by atoms with van der Waals surface area (Å²) in [6.07, 6.45) is 5.74. The first kappa shape index (κ1) is 24.8. The van der Waals surface area contributed by atoms with Crippen molar-refractivity contribution in [3.8, 4) is 11.5 Å². The Morgan fingerprint density at radius 1 is 1.16 bits per heavy atom. The van der Waals surface area contributed by atoms with Gasteiger partial charge in [0.25, 0.3) is 0 Å². The minimum Gasteiger partial charge on any atom is -0.508 e. The normalized spacial score (nSPS) is 29.3. The zero-order chi connectivity index (χ0) is 24.1. The molecule has 2 aliphatic rings. The number of halogens is 2. The average Bonchev–Trinajstić information content (AvgIpc) is 2.67. The van der Waals surface area contributed by atoms with Crippen LogP contribution in [0.1, 0.15) is 81.0 Å². The molecule has 32 heavy (non-hydrogen) atoms. The number of allylic oxidation sites excluding steroid dienone is 3. The van der Waals surface area contributed by atoms with E-state index in [1.165, 1.54) is 11.6 Å². The summed E-state index contributed by atoms with van der Waals surface area (Å²) in [5.41, 5.74) is -0.680. The number of ketones is 2. The summed E-state index contributed by atoms with van der Waals surface area (Å²) in [4.78, 5) is 25.7. The van der Waals surface area contributed by atoms with Crippen LogP contribution in [0.3, 0.4) is 0 Å². The molecule has 0 amide bonds. The molecule has 0 saturated carbocycles. The number of alkyl halides is 2. The lowest BCUT2D eigenvalue weighted by Gasteiger charge is -2.56. The van der Waals surface area contributed by atoms with Crippen LogP contribution in [0.5, 0.6) is 11.5 Å². The minimum atomic E-state index is -1.79. The molecule has 3 atom stereocenters. The van der Waals surface area contributed by atoms with Crippen LogP contribution < -0.4 is 0 Å². The molecule has 7 heteroatoms. The molecule has 5 nitrogen and oxygen atoms in total. The summed E-state index contributed by atoms with van der Waals surface area (Å²) in [6.45, 7) is 9.57. The molecule has 1 aromatic carbocycles. The van der Waals surface area contributed by atoms with E-state index < -0.39 is 38.8 Å². The monoisotopic (exact) mass is 480 g/mol. The molecule has 1 aliphatic heterocycles. The number of phenols is 2. The SMILES string of the molecule is CC(C)=CCC/C(C)=C/CC12OC(C)(C)C(Cl)CC1(Cl)C(=O)c1c(O)cc(O)cc1C2=O. The highest BCUT2D eigenvalue weighted by Gasteiger charge is 2.70. The molecule has 1 aliphatic carbocycles. The van der Waals surface area contributed by atoms with Crippen molar-refractivity contribution < 1.29 is 24.5 Å². The van der Waals surface area contributed by atoms with Crippen molar-refractivity contribution in [1.82, 2.24) is 0 Å². The topological polar surface area (TPSA) is 83.8 Å². The second-order valence-corrected chi connectivity index (χ2v) is 10.8. The maximum absolute atomic E-state index is 13.9. The number of benzene rings is 1. The van der Waals surface area contributed by atoms with Crippen LogP contribution in [-0.2, 0) is 4.74 Å². The van der Waals surface area contributed by atoms with Crippen LogP contribution in [0.15, 0.2) is 35.4 Å². The number of phenolic OH excluding ortho intramolecular Hbond substituents is 2. The summed E-state index contributed by atoms with van der Waals surface area (Å²) >= 11 is 13.5. The average molecular weight is 481 g/mol. The number of ether oxygens (including phenoxy) is 1. The third-order valence-corrected chi connectivity index (χ3v) is 7.73. The Bertz CT molecular complexity index is 1020. The highest BCUT2D eigenvalue weighted by Crippen LogP contribution is 2.56. The third-order valence-electron chi connectivity index (χ3n) is 6.42. The van der Waals surface area contributed by atoms with Gasteiger partial charge in [-0.1, -0.05) is 23.3 Å². The van der Waals surface area contributed by atoms with Crippen LogP contribution in [-0.4, -0.2) is 43.2 Å². The second kappa shape index (κ2) is 8.51. The first-order chi connectivity index (χ1) is 14.7. The molecule has 1 fully saturated rings. The first-order valence-electron chi connectivity index (χ1n) is 10.7. The van der Waals surface area contributed by atoms with E-state index in [1.807, 2.05) is 26.8 Å². The third kappa shape index (κ3) is 4.00. The van der Waals surface area contributed by atoms with Gasteiger partial charge in [-0.05, 0) is 59.9 Å². The van der Waals surface area contributed by atoms with E-state index in [1.54, 1.807) is 13.8 Å². The fraction of sp³-hybridized carbons (Fsp3) is 0.520. The van der Waals surface area contributed by atoms with Crippen LogP contribution >= 0.6 is 23.2 Å². The molecular formula is C25H30Cl2O5. The molecule has 0 aromatic heterocycles. The van der Waals surface area contributed by atoms with Crippen LogP contribution in [0.25, 0.3) is 0 Å². The summed E-state index contributed by atoms with van der Waals surface area (Å²) in [7, 11) is 0. The van der Waals surface area contributed by atoms with Crippen molar-refractivity contribution in [3.63, 3.8) is 0 Å². The van der Waals surface area contributed by atoms with Crippen molar-refractivity contribution in [2.45, 2.75) is 81.8 Å². The number of hydrogen-bond acceptors (Lipinski definition) is 5. The zero-order valence-corrected chi connectivity index (χ0v) is 20.6. The maximum atomic E-state index is 13.9. The summed E-state index contributed by atoms with van der Waals surface area (Å²) in [5.74, 6) is -1.98. The van der Waals surface area contributed by atoms with E-state index in [0.717, 1.165) is 24.5 Å². The number of Topliss-reactive ketones (excluding diaryl/α,β-unsaturated/α-hetero) is 2. The molecule has 1 aromatic rings. The lowest BCUT2D eigenvalue weighted by molar-refractivity contribution is -0.157. The number of carbonyl (C=O) groups excluding carboxylic acids is 2. The number of hydrogen-bond donors (Lipinski definition) is 2. The van der Waals surface area contributed by atoms with Crippen molar-refractivity contribution in [3.05, 3.63) is 46.6 Å². The van der Waals surface area contributed by atoms with Gasteiger partial charge in [0.1, 0.15) is 16.4 Å².